The van der Waals surface area contributed by atoms with Gasteiger partial charge in [-0.15, -0.1) is 0 Å². The first-order chi connectivity index (χ1) is 8.78. The summed E-state index contributed by atoms with van der Waals surface area (Å²) in [5.41, 5.74) is 1.22. The maximum Gasteiger partial charge on any atom is 0.197 e. The molecule has 0 aliphatic carbocycles. The lowest BCUT2D eigenvalue weighted by molar-refractivity contribution is 0.413. The normalized spacial score (nSPS) is 9.00. The van der Waals surface area contributed by atoms with Crippen LogP contribution in [0.15, 0.2) is 48.5 Å². The summed E-state index contributed by atoms with van der Waals surface area (Å²) in [6, 6.07) is 15.5. The summed E-state index contributed by atoms with van der Waals surface area (Å²) >= 11 is 2.83. The van der Waals surface area contributed by atoms with Crippen molar-refractivity contribution in [1.29, 1.82) is 0 Å². The Balaban J connectivity index is 0.000000771. The minimum Gasteiger partial charge on any atom is -0.497 e. The van der Waals surface area contributed by atoms with Crippen LogP contribution in [0, 0.1) is 6.92 Å². The molecule has 0 heterocycles. The van der Waals surface area contributed by atoms with Crippen LogP contribution in [0.1, 0.15) is 5.56 Å². The first kappa shape index (κ1) is 14.1. The fourth-order valence-corrected chi connectivity index (χ4v) is 1.39. The predicted molar refractivity (Wildman–Crippen MR) is 72.4 cm³/mol. The Hall–Kier alpha value is -1.94. The number of methoxy groups -OCH3 is 1. The molecule has 0 radical (unpaired) electrons. The number of benzene rings is 2. The molecular weight excluding hydrogens is 248 g/mol. The molecule has 0 aliphatic rings. The maximum atomic E-state index is 7.83. The number of hydrogen-bond acceptors (Lipinski definition) is 4. The zero-order valence-electron chi connectivity index (χ0n) is 10.3. The second kappa shape index (κ2) is 7.40. The van der Waals surface area contributed by atoms with Crippen molar-refractivity contribution in [2.24, 2.45) is 0 Å². The number of hydrogen-bond donors (Lipinski definition) is 0. The summed E-state index contributed by atoms with van der Waals surface area (Å²) in [7, 11) is 1.65. The van der Waals surface area contributed by atoms with Crippen molar-refractivity contribution in [3.63, 3.8) is 0 Å². The van der Waals surface area contributed by atoms with Crippen molar-refractivity contribution in [2.75, 3.05) is 7.11 Å². The first-order valence-electron chi connectivity index (χ1n) is 5.33. The molecule has 0 unspecified atom stereocenters. The van der Waals surface area contributed by atoms with Crippen LogP contribution < -0.4 is 9.47 Å². The van der Waals surface area contributed by atoms with Crippen LogP contribution in [0.4, 0.5) is 0 Å². The molecule has 18 heavy (non-hydrogen) atoms. The highest BCUT2D eigenvalue weighted by Crippen LogP contribution is 2.23. The highest BCUT2D eigenvalue weighted by Gasteiger charge is 1.97. The summed E-state index contributed by atoms with van der Waals surface area (Å²) in [5, 5.41) is 0. The highest BCUT2D eigenvalue weighted by atomic mass is 32.1. The molecule has 0 bridgehead atoms. The molecule has 0 spiro atoms. The Morgan fingerprint density at radius 3 is 1.61 bits per heavy atom. The fourth-order valence-electron chi connectivity index (χ4n) is 1.39. The van der Waals surface area contributed by atoms with Gasteiger partial charge in [-0.25, -0.2) is 0 Å². The van der Waals surface area contributed by atoms with Crippen molar-refractivity contribution >= 4 is 12.5 Å². The summed E-state index contributed by atoms with van der Waals surface area (Å²) in [4.78, 5) is 0. The molecule has 0 saturated heterocycles. The van der Waals surface area contributed by atoms with E-state index in [4.69, 9.17) is 13.7 Å². The molecular formula is C14H14O3S. The molecule has 0 saturated carbocycles. The van der Waals surface area contributed by atoms with E-state index in [2.05, 4.69) is 19.5 Å². The molecule has 94 valence electrons. The maximum absolute atomic E-state index is 7.83. The largest absolute Gasteiger partial charge is 0.497 e. The van der Waals surface area contributed by atoms with Crippen LogP contribution in [0.5, 0.6) is 17.2 Å². The minimum absolute atomic E-state index is 0.810. The monoisotopic (exact) mass is 262 g/mol. The molecule has 0 aromatic heterocycles. The molecule has 2 aromatic carbocycles. The van der Waals surface area contributed by atoms with Crippen molar-refractivity contribution < 1.29 is 13.7 Å². The molecule has 0 amide bonds. The van der Waals surface area contributed by atoms with Gasteiger partial charge < -0.3 is 9.47 Å². The highest BCUT2D eigenvalue weighted by molar-refractivity contribution is 7.44. The van der Waals surface area contributed by atoms with Gasteiger partial charge in [0, 0.05) is 0 Å². The van der Waals surface area contributed by atoms with E-state index in [9.17, 15) is 0 Å². The molecule has 0 aliphatic heterocycles. The lowest BCUT2D eigenvalue weighted by Crippen LogP contribution is -1.85. The molecule has 4 heteroatoms. The first-order valence-corrected chi connectivity index (χ1v) is 5.66. The summed E-state index contributed by atoms with van der Waals surface area (Å²) < 4.78 is 18.6. The number of rotatable bonds is 3. The van der Waals surface area contributed by atoms with Gasteiger partial charge in [0.2, 0.25) is 0 Å². The molecule has 0 fully saturated rings. The van der Waals surface area contributed by atoms with Crippen LogP contribution in [0.2, 0.25) is 0 Å². The Morgan fingerprint density at radius 2 is 1.17 bits per heavy atom. The van der Waals surface area contributed by atoms with E-state index >= 15 is 0 Å². The second-order valence-electron chi connectivity index (χ2n) is 3.59. The van der Waals surface area contributed by atoms with E-state index in [1.165, 1.54) is 5.56 Å². The van der Waals surface area contributed by atoms with E-state index in [0.717, 1.165) is 17.2 Å². The molecule has 0 N–H and O–H groups in total. The summed E-state index contributed by atoms with van der Waals surface area (Å²) in [5.74, 6) is 2.48. The van der Waals surface area contributed by atoms with Gasteiger partial charge in [-0.3, -0.25) is 0 Å². The predicted octanol–water partition coefficient (Wildman–Crippen LogP) is 3.46. The van der Waals surface area contributed by atoms with E-state index in [-0.39, 0.29) is 0 Å². The fraction of sp³-hybridized carbons (Fsp3) is 0.143. The minimum atomic E-state index is 0.810. The van der Waals surface area contributed by atoms with Gasteiger partial charge in [-0.1, -0.05) is 17.7 Å². The third kappa shape index (κ3) is 4.14. The van der Waals surface area contributed by atoms with Gasteiger partial charge >= 0.3 is 0 Å². The van der Waals surface area contributed by atoms with Gasteiger partial charge in [-0.2, -0.15) is 4.21 Å². The molecule has 3 nitrogen and oxygen atoms in total. The van der Waals surface area contributed by atoms with Gasteiger partial charge in [0.05, 0.1) is 7.11 Å². The quantitative estimate of drug-likeness (QED) is 0.848. The van der Waals surface area contributed by atoms with Crippen LogP contribution >= 0.6 is 0 Å². The lowest BCUT2D eigenvalue weighted by Gasteiger charge is -2.06. The number of aryl methyl sites for hydroxylation is 1. The van der Waals surface area contributed by atoms with E-state index < -0.39 is 0 Å². The third-order valence-electron chi connectivity index (χ3n) is 2.32. The molecule has 0 atom stereocenters. The van der Waals surface area contributed by atoms with Crippen LogP contribution in [-0.2, 0) is 12.5 Å². The van der Waals surface area contributed by atoms with E-state index in [1.54, 1.807) is 7.11 Å². The van der Waals surface area contributed by atoms with E-state index in [1.807, 2.05) is 48.5 Å². The zero-order valence-corrected chi connectivity index (χ0v) is 11.1. The Kier molecular flexibility index (Phi) is 5.80. The van der Waals surface area contributed by atoms with Gasteiger partial charge in [0.1, 0.15) is 17.2 Å². The summed E-state index contributed by atoms with van der Waals surface area (Å²) in [6.07, 6.45) is 0. The van der Waals surface area contributed by atoms with Crippen LogP contribution in [0.3, 0.4) is 0 Å². The van der Waals surface area contributed by atoms with Crippen LogP contribution in [-0.4, -0.2) is 11.3 Å². The van der Waals surface area contributed by atoms with Gasteiger partial charge in [0.25, 0.3) is 0 Å². The second-order valence-corrected chi connectivity index (χ2v) is 3.59. The number of ether oxygens (including phenoxy) is 2. The van der Waals surface area contributed by atoms with Crippen LogP contribution in [0.25, 0.3) is 0 Å². The Bertz CT molecular complexity index is 465. The van der Waals surface area contributed by atoms with E-state index in [0.29, 0.717) is 0 Å². The van der Waals surface area contributed by atoms with Crippen molar-refractivity contribution in [2.45, 2.75) is 6.92 Å². The zero-order chi connectivity index (χ0) is 13.4. The molecule has 2 aromatic rings. The summed E-state index contributed by atoms with van der Waals surface area (Å²) in [6.45, 7) is 2.05. The van der Waals surface area contributed by atoms with Gasteiger partial charge in [-0.05, 0) is 43.3 Å². The van der Waals surface area contributed by atoms with Gasteiger partial charge in [0.15, 0.2) is 12.5 Å². The average Bonchev–Trinajstić information content (AvgIpc) is 2.44. The average molecular weight is 262 g/mol. The topological polar surface area (TPSA) is 35.5 Å². The van der Waals surface area contributed by atoms with Crippen molar-refractivity contribution in [3.05, 3.63) is 54.1 Å². The van der Waals surface area contributed by atoms with Crippen molar-refractivity contribution in [3.8, 4) is 17.2 Å². The standard InChI is InChI=1S/C14H14O2.OS/c1-11-3-5-13(6-4-11)16-14-9-7-12(15-2)8-10-14;1-2/h3-10H,1-2H3;. The Labute approximate surface area is 112 Å². The SMILES string of the molecule is COc1ccc(Oc2ccc(C)cc2)cc1.O=S. The molecule has 2 rings (SSSR count). The Morgan fingerprint density at radius 1 is 0.778 bits per heavy atom. The lowest BCUT2D eigenvalue weighted by atomic mass is 10.2. The van der Waals surface area contributed by atoms with Crippen molar-refractivity contribution in [1.82, 2.24) is 0 Å². The third-order valence-corrected chi connectivity index (χ3v) is 2.32. The smallest absolute Gasteiger partial charge is 0.197 e.